The summed E-state index contributed by atoms with van der Waals surface area (Å²) in [4.78, 5) is 2.51. The number of hydrogen-bond donors (Lipinski definition) is 0. The van der Waals surface area contributed by atoms with Gasteiger partial charge in [0.05, 0.1) is 0 Å². The van der Waals surface area contributed by atoms with Crippen LogP contribution in [0.15, 0.2) is 0 Å². The smallest absolute Gasteiger partial charge is 0.00923 e. The van der Waals surface area contributed by atoms with E-state index in [1.807, 2.05) is 13.8 Å². The molecule has 0 aromatic rings. The molecule has 1 nitrogen and oxygen atoms in total. The Bertz CT molecular complexity index is 134. The lowest BCUT2D eigenvalue weighted by Crippen LogP contribution is -2.35. The molecule has 0 spiro atoms. The molecule has 0 heterocycles. The molecule has 1 fully saturated rings. The second-order valence-electron chi connectivity index (χ2n) is 4.89. The molecule has 1 aliphatic rings. The van der Waals surface area contributed by atoms with Crippen LogP contribution in [-0.2, 0) is 0 Å². The Labute approximate surface area is 97.2 Å². The van der Waals surface area contributed by atoms with Crippen LogP contribution in [0.5, 0.6) is 0 Å². The molecule has 1 heteroatoms. The third-order valence-electron chi connectivity index (χ3n) is 3.81. The molecule has 0 radical (unpaired) electrons. The van der Waals surface area contributed by atoms with Crippen LogP contribution >= 0.6 is 0 Å². The SMILES string of the molecule is CC.CCN(C)C1CCC(C(C)C)CC1. The predicted octanol–water partition coefficient (Wildman–Crippen LogP) is 4.18. The van der Waals surface area contributed by atoms with Gasteiger partial charge in [0, 0.05) is 6.04 Å². The van der Waals surface area contributed by atoms with Gasteiger partial charge in [-0.15, -0.1) is 0 Å². The van der Waals surface area contributed by atoms with Crippen molar-refractivity contribution in [3.63, 3.8) is 0 Å². The zero-order chi connectivity index (χ0) is 11.8. The molecule has 1 aliphatic carbocycles. The molecule has 15 heavy (non-hydrogen) atoms. The second kappa shape index (κ2) is 8.15. The van der Waals surface area contributed by atoms with Crippen LogP contribution in [0.3, 0.4) is 0 Å². The predicted molar refractivity (Wildman–Crippen MR) is 70.2 cm³/mol. The van der Waals surface area contributed by atoms with Crippen molar-refractivity contribution in [2.75, 3.05) is 13.6 Å². The van der Waals surface area contributed by atoms with E-state index in [0.717, 1.165) is 17.9 Å². The summed E-state index contributed by atoms with van der Waals surface area (Å²) in [6.45, 7) is 12.2. The van der Waals surface area contributed by atoms with Gasteiger partial charge in [-0.3, -0.25) is 0 Å². The zero-order valence-electron chi connectivity index (χ0n) is 11.7. The van der Waals surface area contributed by atoms with Crippen LogP contribution in [0.1, 0.15) is 60.3 Å². The number of nitrogens with zero attached hydrogens (tertiary/aromatic N) is 1. The molecular formula is C14H31N. The first-order chi connectivity index (χ1) is 7.15. The van der Waals surface area contributed by atoms with E-state index in [1.54, 1.807) is 0 Å². The van der Waals surface area contributed by atoms with Gasteiger partial charge in [0.25, 0.3) is 0 Å². The molecule has 0 amide bonds. The first kappa shape index (κ1) is 15.0. The van der Waals surface area contributed by atoms with Gasteiger partial charge in [-0.25, -0.2) is 0 Å². The highest BCUT2D eigenvalue weighted by molar-refractivity contribution is 4.78. The molecular weight excluding hydrogens is 182 g/mol. The number of hydrogen-bond acceptors (Lipinski definition) is 1. The number of rotatable bonds is 3. The summed E-state index contributed by atoms with van der Waals surface area (Å²) in [6, 6.07) is 0.875. The molecule has 0 aliphatic heterocycles. The van der Waals surface area contributed by atoms with Gasteiger partial charge in [-0.05, 0) is 51.1 Å². The molecule has 0 bridgehead atoms. The van der Waals surface area contributed by atoms with Crippen molar-refractivity contribution in [1.82, 2.24) is 4.90 Å². The lowest BCUT2D eigenvalue weighted by molar-refractivity contribution is 0.152. The van der Waals surface area contributed by atoms with Gasteiger partial charge in [-0.2, -0.15) is 0 Å². The van der Waals surface area contributed by atoms with Crippen LogP contribution in [0.4, 0.5) is 0 Å². The summed E-state index contributed by atoms with van der Waals surface area (Å²) in [7, 11) is 2.26. The van der Waals surface area contributed by atoms with Gasteiger partial charge in [0.1, 0.15) is 0 Å². The van der Waals surface area contributed by atoms with Gasteiger partial charge in [0.15, 0.2) is 0 Å². The Hall–Kier alpha value is -0.0400. The average Bonchev–Trinajstić information content (AvgIpc) is 2.31. The Morgan fingerprint density at radius 2 is 1.53 bits per heavy atom. The first-order valence-electron chi connectivity index (χ1n) is 6.85. The Balaban J connectivity index is 0.000000921. The molecule has 0 atom stereocenters. The monoisotopic (exact) mass is 213 g/mol. The minimum Gasteiger partial charge on any atom is -0.304 e. The normalized spacial score (nSPS) is 26.4. The van der Waals surface area contributed by atoms with Gasteiger partial charge >= 0.3 is 0 Å². The van der Waals surface area contributed by atoms with E-state index in [0.29, 0.717) is 0 Å². The van der Waals surface area contributed by atoms with Crippen molar-refractivity contribution in [3.8, 4) is 0 Å². The molecule has 0 N–H and O–H groups in total. The third-order valence-corrected chi connectivity index (χ3v) is 3.81. The molecule has 0 saturated heterocycles. The fourth-order valence-corrected chi connectivity index (χ4v) is 2.47. The van der Waals surface area contributed by atoms with Crippen LogP contribution in [0.2, 0.25) is 0 Å². The lowest BCUT2D eigenvalue weighted by Gasteiger charge is -2.35. The first-order valence-corrected chi connectivity index (χ1v) is 6.85. The summed E-state index contributed by atoms with van der Waals surface area (Å²) < 4.78 is 0. The Morgan fingerprint density at radius 3 is 1.87 bits per heavy atom. The zero-order valence-corrected chi connectivity index (χ0v) is 11.7. The summed E-state index contributed by atoms with van der Waals surface area (Å²) in [6.07, 6.45) is 5.75. The second-order valence-corrected chi connectivity index (χ2v) is 4.89. The fourth-order valence-electron chi connectivity index (χ4n) is 2.47. The van der Waals surface area contributed by atoms with Gasteiger partial charge in [0.2, 0.25) is 0 Å². The summed E-state index contributed by atoms with van der Waals surface area (Å²) in [5.41, 5.74) is 0. The van der Waals surface area contributed by atoms with Gasteiger partial charge < -0.3 is 4.90 Å². The van der Waals surface area contributed by atoms with E-state index in [-0.39, 0.29) is 0 Å². The van der Waals surface area contributed by atoms with Crippen LogP contribution in [0.25, 0.3) is 0 Å². The van der Waals surface area contributed by atoms with Crippen LogP contribution in [-0.4, -0.2) is 24.5 Å². The average molecular weight is 213 g/mol. The lowest BCUT2D eigenvalue weighted by atomic mass is 9.79. The highest BCUT2D eigenvalue weighted by atomic mass is 15.1. The summed E-state index contributed by atoms with van der Waals surface area (Å²) >= 11 is 0. The van der Waals surface area contributed by atoms with Crippen molar-refractivity contribution >= 4 is 0 Å². The highest BCUT2D eigenvalue weighted by Gasteiger charge is 2.24. The van der Waals surface area contributed by atoms with Gasteiger partial charge in [-0.1, -0.05) is 34.6 Å². The fraction of sp³-hybridized carbons (Fsp3) is 1.00. The third kappa shape index (κ3) is 5.01. The molecule has 0 unspecified atom stereocenters. The van der Waals surface area contributed by atoms with Crippen LogP contribution in [0, 0.1) is 11.8 Å². The summed E-state index contributed by atoms with van der Waals surface area (Å²) in [5, 5.41) is 0. The van der Waals surface area contributed by atoms with Crippen molar-refractivity contribution in [2.45, 2.75) is 66.3 Å². The van der Waals surface area contributed by atoms with Crippen LogP contribution < -0.4 is 0 Å². The molecule has 0 aromatic carbocycles. The van der Waals surface area contributed by atoms with E-state index in [9.17, 15) is 0 Å². The Morgan fingerprint density at radius 1 is 1.07 bits per heavy atom. The van der Waals surface area contributed by atoms with E-state index in [4.69, 9.17) is 0 Å². The maximum absolute atomic E-state index is 2.51. The van der Waals surface area contributed by atoms with E-state index >= 15 is 0 Å². The standard InChI is InChI=1S/C12H25N.C2H6/c1-5-13(4)12-8-6-11(7-9-12)10(2)3;1-2/h10-12H,5-9H2,1-4H3;1-2H3. The largest absolute Gasteiger partial charge is 0.304 e. The quantitative estimate of drug-likeness (QED) is 0.680. The molecule has 1 saturated carbocycles. The molecule has 92 valence electrons. The topological polar surface area (TPSA) is 3.24 Å². The Kier molecular flexibility index (Phi) is 8.13. The van der Waals surface area contributed by atoms with Crippen molar-refractivity contribution in [2.24, 2.45) is 11.8 Å². The van der Waals surface area contributed by atoms with Crippen molar-refractivity contribution in [1.29, 1.82) is 0 Å². The maximum Gasteiger partial charge on any atom is 0.00923 e. The van der Waals surface area contributed by atoms with Crippen molar-refractivity contribution in [3.05, 3.63) is 0 Å². The highest BCUT2D eigenvalue weighted by Crippen LogP contribution is 2.31. The molecule has 0 aromatic heterocycles. The van der Waals surface area contributed by atoms with E-state index in [2.05, 4.69) is 32.7 Å². The van der Waals surface area contributed by atoms with E-state index in [1.165, 1.54) is 32.2 Å². The summed E-state index contributed by atoms with van der Waals surface area (Å²) in [5.74, 6) is 1.90. The van der Waals surface area contributed by atoms with E-state index < -0.39 is 0 Å². The van der Waals surface area contributed by atoms with Crippen molar-refractivity contribution < 1.29 is 0 Å². The minimum atomic E-state index is 0.875. The molecule has 1 rings (SSSR count). The minimum absolute atomic E-state index is 0.875. The maximum atomic E-state index is 2.51.